The van der Waals surface area contributed by atoms with Gasteiger partial charge in [0.15, 0.2) is 5.96 Å². The van der Waals surface area contributed by atoms with Crippen LogP contribution in [0.3, 0.4) is 0 Å². The number of aromatic nitrogens is 2. The molecule has 0 aliphatic carbocycles. The number of benzene rings is 1. The molecule has 7 heteroatoms. The molecule has 1 atom stereocenters. The van der Waals surface area contributed by atoms with Crippen LogP contribution < -0.4 is 20.1 Å². The summed E-state index contributed by atoms with van der Waals surface area (Å²) < 4.78 is 13.7. The van der Waals surface area contributed by atoms with Crippen LogP contribution in [0.4, 0.5) is 0 Å². The van der Waals surface area contributed by atoms with Crippen molar-refractivity contribution in [2.75, 3.05) is 20.2 Å². The van der Waals surface area contributed by atoms with Gasteiger partial charge < -0.3 is 20.1 Å². The molecule has 7 nitrogen and oxygen atoms in total. The Bertz CT molecular complexity index is 758. The SMILES string of the molecule is CCOc1cc2c(cc1CNC(=NC)NCCCn1cccn1)OC(C)C2. The summed E-state index contributed by atoms with van der Waals surface area (Å²) in [6.07, 6.45) is 5.89. The number of nitrogens with one attached hydrogen (secondary N) is 2. The molecule has 2 heterocycles. The summed E-state index contributed by atoms with van der Waals surface area (Å²) in [7, 11) is 1.78. The highest BCUT2D eigenvalue weighted by Gasteiger charge is 2.21. The van der Waals surface area contributed by atoms with Gasteiger partial charge in [-0.3, -0.25) is 9.67 Å². The third-order valence-corrected chi connectivity index (χ3v) is 4.46. The maximum absolute atomic E-state index is 5.89. The van der Waals surface area contributed by atoms with Gasteiger partial charge in [-0.25, -0.2) is 0 Å². The van der Waals surface area contributed by atoms with Gasteiger partial charge in [0.25, 0.3) is 0 Å². The molecule has 0 bridgehead atoms. The van der Waals surface area contributed by atoms with Gasteiger partial charge in [0.05, 0.1) is 6.61 Å². The molecule has 1 aliphatic heterocycles. The van der Waals surface area contributed by atoms with Gasteiger partial charge in [-0.2, -0.15) is 5.10 Å². The molecule has 0 saturated carbocycles. The predicted molar refractivity (Wildman–Crippen MR) is 106 cm³/mol. The lowest BCUT2D eigenvalue weighted by Gasteiger charge is -2.15. The first kappa shape index (κ1) is 19.1. The van der Waals surface area contributed by atoms with E-state index in [0.29, 0.717) is 13.2 Å². The summed E-state index contributed by atoms with van der Waals surface area (Å²) in [6, 6.07) is 6.13. The van der Waals surface area contributed by atoms with Crippen molar-refractivity contribution in [2.24, 2.45) is 4.99 Å². The van der Waals surface area contributed by atoms with Gasteiger partial charge in [0.2, 0.25) is 0 Å². The molecule has 27 heavy (non-hydrogen) atoms. The lowest BCUT2D eigenvalue weighted by molar-refractivity contribution is 0.254. The van der Waals surface area contributed by atoms with Gasteiger partial charge >= 0.3 is 0 Å². The molecule has 0 fully saturated rings. The number of aryl methyl sites for hydroxylation is 1. The number of ether oxygens (including phenoxy) is 2. The van der Waals surface area contributed by atoms with E-state index >= 15 is 0 Å². The van der Waals surface area contributed by atoms with Crippen molar-refractivity contribution < 1.29 is 9.47 Å². The number of hydrogen-bond donors (Lipinski definition) is 2. The fourth-order valence-corrected chi connectivity index (χ4v) is 3.19. The summed E-state index contributed by atoms with van der Waals surface area (Å²) in [5.74, 6) is 2.65. The quantitative estimate of drug-likeness (QED) is 0.423. The Labute approximate surface area is 160 Å². The first-order valence-electron chi connectivity index (χ1n) is 9.56. The van der Waals surface area contributed by atoms with Crippen LogP contribution in [0.25, 0.3) is 0 Å². The number of guanidine groups is 1. The van der Waals surface area contributed by atoms with E-state index in [1.807, 2.05) is 23.9 Å². The lowest BCUT2D eigenvalue weighted by Crippen LogP contribution is -2.37. The number of aliphatic imine (C=N–C) groups is 1. The Hall–Kier alpha value is -2.70. The van der Waals surface area contributed by atoms with E-state index in [-0.39, 0.29) is 6.10 Å². The van der Waals surface area contributed by atoms with E-state index in [9.17, 15) is 0 Å². The molecule has 0 amide bonds. The van der Waals surface area contributed by atoms with Gasteiger partial charge in [0, 0.05) is 56.6 Å². The van der Waals surface area contributed by atoms with Gasteiger partial charge in [-0.05, 0) is 38.5 Å². The van der Waals surface area contributed by atoms with Crippen LogP contribution in [0.15, 0.2) is 35.6 Å². The average molecular weight is 371 g/mol. The summed E-state index contributed by atoms with van der Waals surface area (Å²) in [6.45, 7) is 7.06. The number of rotatable bonds is 8. The molecule has 0 saturated heterocycles. The van der Waals surface area contributed by atoms with Crippen molar-refractivity contribution in [3.63, 3.8) is 0 Å². The van der Waals surface area contributed by atoms with E-state index in [1.165, 1.54) is 5.56 Å². The van der Waals surface area contributed by atoms with Crippen LogP contribution in [0.1, 0.15) is 31.4 Å². The fourth-order valence-electron chi connectivity index (χ4n) is 3.19. The zero-order valence-corrected chi connectivity index (χ0v) is 16.4. The molecule has 2 aromatic rings. The number of hydrogen-bond acceptors (Lipinski definition) is 4. The minimum Gasteiger partial charge on any atom is -0.494 e. The van der Waals surface area contributed by atoms with E-state index in [4.69, 9.17) is 9.47 Å². The third-order valence-electron chi connectivity index (χ3n) is 4.46. The third kappa shape index (κ3) is 5.15. The van der Waals surface area contributed by atoms with Crippen LogP contribution in [-0.4, -0.2) is 42.0 Å². The summed E-state index contributed by atoms with van der Waals surface area (Å²) in [4.78, 5) is 4.30. The molecule has 1 aliphatic rings. The minimum absolute atomic E-state index is 0.224. The second kappa shape index (κ2) is 9.30. The Balaban J connectivity index is 1.53. The highest BCUT2D eigenvalue weighted by Crippen LogP contribution is 2.35. The Morgan fingerprint density at radius 2 is 2.30 bits per heavy atom. The molecule has 1 aromatic carbocycles. The maximum Gasteiger partial charge on any atom is 0.191 e. The minimum atomic E-state index is 0.224. The second-order valence-corrected chi connectivity index (χ2v) is 6.61. The molecule has 0 spiro atoms. The molecule has 3 rings (SSSR count). The standard InChI is InChI=1S/C20H29N5O2/c1-4-26-18-12-16-11-15(2)27-19(16)13-17(18)14-23-20(21-3)22-7-5-9-25-10-6-8-24-25/h6,8,10,12-13,15H,4-5,7,9,11,14H2,1-3H3,(H2,21,22,23). The van der Waals surface area contributed by atoms with Gasteiger partial charge in [-0.1, -0.05) is 0 Å². The molecule has 2 N–H and O–H groups in total. The number of fused-ring (bicyclic) bond motifs is 1. The average Bonchev–Trinajstić information content (AvgIpc) is 3.29. The summed E-state index contributed by atoms with van der Waals surface area (Å²) in [5.41, 5.74) is 2.29. The molecule has 0 radical (unpaired) electrons. The fraction of sp³-hybridized carbons (Fsp3) is 0.500. The molecule has 1 unspecified atom stereocenters. The highest BCUT2D eigenvalue weighted by molar-refractivity contribution is 5.79. The van der Waals surface area contributed by atoms with Gasteiger partial charge in [0.1, 0.15) is 17.6 Å². The normalized spacial score (nSPS) is 16.0. The van der Waals surface area contributed by atoms with Crippen LogP contribution in [0, 0.1) is 0 Å². The van der Waals surface area contributed by atoms with Crippen molar-refractivity contribution in [3.8, 4) is 11.5 Å². The number of nitrogens with zero attached hydrogens (tertiary/aromatic N) is 3. The maximum atomic E-state index is 5.89. The first-order chi connectivity index (χ1) is 13.2. The lowest BCUT2D eigenvalue weighted by atomic mass is 10.1. The van der Waals surface area contributed by atoms with Crippen molar-refractivity contribution >= 4 is 5.96 Å². The zero-order chi connectivity index (χ0) is 19.1. The first-order valence-corrected chi connectivity index (χ1v) is 9.56. The van der Waals surface area contributed by atoms with Crippen molar-refractivity contribution in [3.05, 3.63) is 41.7 Å². The zero-order valence-electron chi connectivity index (χ0n) is 16.4. The van der Waals surface area contributed by atoms with Crippen molar-refractivity contribution in [1.29, 1.82) is 0 Å². The Kier molecular flexibility index (Phi) is 6.57. The van der Waals surface area contributed by atoms with E-state index in [1.54, 1.807) is 13.2 Å². The highest BCUT2D eigenvalue weighted by atomic mass is 16.5. The molecule has 146 valence electrons. The molecular weight excluding hydrogens is 342 g/mol. The monoisotopic (exact) mass is 371 g/mol. The summed E-state index contributed by atoms with van der Waals surface area (Å²) >= 11 is 0. The van der Waals surface area contributed by atoms with Crippen molar-refractivity contribution in [2.45, 2.75) is 45.9 Å². The predicted octanol–water partition coefficient (Wildman–Crippen LogP) is 2.36. The van der Waals surface area contributed by atoms with Crippen molar-refractivity contribution in [1.82, 2.24) is 20.4 Å². The Morgan fingerprint density at radius 3 is 3.04 bits per heavy atom. The van der Waals surface area contributed by atoms with E-state index < -0.39 is 0 Å². The van der Waals surface area contributed by atoms with Crippen LogP contribution in [0.2, 0.25) is 0 Å². The summed E-state index contributed by atoms with van der Waals surface area (Å²) in [5, 5.41) is 10.9. The topological polar surface area (TPSA) is 72.7 Å². The van der Waals surface area contributed by atoms with E-state index in [2.05, 4.69) is 39.8 Å². The van der Waals surface area contributed by atoms with E-state index in [0.717, 1.165) is 49.0 Å². The largest absolute Gasteiger partial charge is 0.494 e. The molecular formula is C20H29N5O2. The molecule has 1 aromatic heterocycles. The Morgan fingerprint density at radius 1 is 1.41 bits per heavy atom. The smallest absolute Gasteiger partial charge is 0.191 e. The van der Waals surface area contributed by atoms with Crippen LogP contribution >= 0.6 is 0 Å². The van der Waals surface area contributed by atoms with Gasteiger partial charge in [-0.15, -0.1) is 0 Å². The van der Waals surface area contributed by atoms with Crippen LogP contribution in [-0.2, 0) is 19.5 Å². The van der Waals surface area contributed by atoms with Crippen LogP contribution in [0.5, 0.6) is 11.5 Å². The second-order valence-electron chi connectivity index (χ2n) is 6.61.